The van der Waals surface area contributed by atoms with Crippen molar-refractivity contribution in [2.24, 2.45) is 17.3 Å². The van der Waals surface area contributed by atoms with Crippen molar-refractivity contribution < 1.29 is 4.74 Å². The van der Waals surface area contributed by atoms with Gasteiger partial charge in [-0.3, -0.25) is 0 Å². The summed E-state index contributed by atoms with van der Waals surface area (Å²) in [5.74, 6) is 4.40. The van der Waals surface area contributed by atoms with Crippen LogP contribution in [0.2, 0.25) is 0 Å². The van der Waals surface area contributed by atoms with Gasteiger partial charge in [0.05, 0.1) is 5.41 Å². The molecule has 0 aromatic rings. The zero-order chi connectivity index (χ0) is 19.1. The molecule has 3 atom stereocenters. The zero-order valence-corrected chi connectivity index (χ0v) is 16.5. The number of hydrogen-bond acceptors (Lipinski definition) is 1. The first-order valence-electron chi connectivity index (χ1n) is 9.46. The van der Waals surface area contributed by atoms with E-state index in [4.69, 9.17) is 11.2 Å². The van der Waals surface area contributed by atoms with Gasteiger partial charge < -0.3 is 4.74 Å². The van der Waals surface area contributed by atoms with Gasteiger partial charge in [0.25, 0.3) is 0 Å². The van der Waals surface area contributed by atoms with E-state index >= 15 is 0 Å². The fraction of sp³-hybridized carbons (Fsp3) is 0.583. The van der Waals surface area contributed by atoms with Gasteiger partial charge in [-0.1, -0.05) is 50.5 Å². The van der Waals surface area contributed by atoms with Crippen molar-refractivity contribution in [2.45, 2.75) is 58.8 Å². The Morgan fingerprint density at radius 3 is 2.68 bits per heavy atom. The lowest BCUT2D eigenvalue weighted by Crippen LogP contribution is -2.38. The monoisotopic (exact) mass is 340 g/mol. The number of allylic oxidation sites excluding steroid dienone is 5. The van der Waals surface area contributed by atoms with Gasteiger partial charge in [0.15, 0.2) is 0 Å². The van der Waals surface area contributed by atoms with Gasteiger partial charge in [0, 0.05) is 13.7 Å². The Morgan fingerprint density at radius 1 is 1.40 bits per heavy atom. The second-order valence-electron chi connectivity index (χ2n) is 6.68. The van der Waals surface area contributed by atoms with Gasteiger partial charge in [-0.15, -0.1) is 25.8 Å². The molecular formula is C24H36O. The predicted molar refractivity (Wildman–Crippen MR) is 111 cm³/mol. The molecule has 0 spiro atoms. The van der Waals surface area contributed by atoms with Crippen molar-refractivity contribution >= 4 is 0 Å². The van der Waals surface area contributed by atoms with Crippen LogP contribution in [0.4, 0.5) is 0 Å². The quantitative estimate of drug-likeness (QED) is 0.318. The van der Waals surface area contributed by atoms with Crippen LogP contribution < -0.4 is 0 Å². The molecule has 0 saturated heterocycles. The average Bonchev–Trinajstić information content (AvgIpc) is 2.67. The van der Waals surface area contributed by atoms with E-state index in [2.05, 4.69) is 57.4 Å². The molecule has 0 bridgehead atoms. The van der Waals surface area contributed by atoms with E-state index in [1.165, 1.54) is 37.7 Å². The van der Waals surface area contributed by atoms with E-state index in [0.717, 1.165) is 19.4 Å². The zero-order valence-electron chi connectivity index (χ0n) is 16.5. The summed E-state index contributed by atoms with van der Waals surface area (Å²) in [5.41, 5.74) is 1.47. The summed E-state index contributed by atoms with van der Waals surface area (Å²) in [4.78, 5) is 0. The Kier molecular flexibility index (Phi) is 12.7. The number of methoxy groups -OCH3 is 1. The molecule has 0 heterocycles. The number of unbranched alkanes of at least 4 members (excludes halogenated alkanes) is 2. The summed E-state index contributed by atoms with van der Waals surface area (Å²) >= 11 is 0. The Hall–Kier alpha value is -1.70. The van der Waals surface area contributed by atoms with Crippen LogP contribution in [-0.4, -0.2) is 13.7 Å². The minimum atomic E-state index is 0.0567. The number of fused-ring (bicyclic) bond motifs is 1. The van der Waals surface area contributed by atoms with Gasteiger partial charge in [-0.25, -0.2) is 0 Å². The van der Waals surface area contributed by atoms with Gasteiger partial charge in [0.1, 0.15) is 0 Å². The summed E-state index contributed by atoms with van der Waals surface area (Å²) in [7, 11) is 1.73. The van der Waals surface area contributed by atoms with Crippen molar-refractivity contribution in [1.29, 1.82) is 0 Å². The summed E-state index contributed by atoms with van der Waals surface area (Å²) in [5, 5.41) is 0. The third-order valence-corrected chi connectivity index (χ3v) is 5.21. The second kappa shape index (κ2) is 13.6. The minimum absolute atomic E-state index is 0.0567. The van der Waals surface area contributed by atoms with Crippen LogP contribution in [0.5, 0.6) is 0 Å². The molecule has 25 heavy (non-hydrogen) atoms. The van der Waals surface area contributed by atoms with Gasteiger partial charge >= 0.3 is 0 Å². The number of ether oxygens (including phenoxy) is 1. The number of rotatable bonds is 6. The highest BCUT2D eigenvalue weighted by molar-refractivity contribution is 5.41. The van der Waals surface area contributed by atoms with E-state index in [1.807, 2.05) is 6.08 Å². The molecule has 0 saturated carbocycles. The molecule has 3 unspecified atom stereocenters. The van der Waals surface area contributed by atoms with Crippen molar-refractivity contribution in [3.8, 4) is 25.2 Å². The Balaban J connectivity index is 0.000000493. The normalized spacial score (nSPS) is 26.5. The summed E-state index contributed by atoms with van der Waals surface area (Å²) in [6.07, 6.45) is 31.1. The molecule has 2 rings (SSSR count). The molecular weight excluding hydrogens is 304 g/mol. The summed E-state index contributed by atoms with van der Waals surface area (Å²) < 4.78 is 4.85. The van der Waals surface area contributed by atoms with Crippen molar-refractivity contribution in [2.75, 3.05) is 13.7 Å². The second-order valence-corrected chi connectivity index (χ2v) is 6.68. The Morgan fingerprint density at radius 2 is 2.12 bits per heavy atom. The maximum atomic E-state index is 5.85. The lowest BCUT2D eigenvalue weighted by atomic mass is 9.58. The molecule has 138 valence electrons. The molecule has 1 heteroatoms. The van der Waals surface area contributed by atoms with E-state index in [0.29, 0.717) is 11.8 Å². The molecule has 0 aromatic heterocycles. The standard InChI is InChI=1S/C15H20.C7H14O.C2H2/c1-4-14-12(3)9-10-13-8-6-7-11-15(13,14)5-2;1-3-4-5-6-7-8-2;1-2/h2,8-10,12,14H,4,6-7,11H2,1,3H3;3H,1,4-7H2,2H3;1-2H. The highest BCUT2D eigenvalue weighted by Crippen LogP contribution is 2.51. The van der Waals surface area contributed by atoms with E-state index in [9.17, 15) is 0 Å². The number of hydrogen-bond donors (Lipinski definition) is 0. The third-order valence-electron chi connectivity index (χ3n) is 5.21. The smallest absolute Gasteiger partial charge is 0.0590 e. The summed E-state index contributed by atoms with van der Waals surface area (Å²) in [6.45, 7) is 9.07. The van der Waals surface area contributed by atoms with Crippen LogP contribution in [0.25, 0.3) is 0 Å². The molecule has 0 N–H and O–H groups in total. The molecule has 0 amide bonds. The van der Waals surface area contributed by atoms with Crippen LogP contribution >= 0.6 is 0 Å². The SMILES string of the molecule is C#C.C#CC12CCCC=C1C=CC(C)C2CC.C=CCCCCOC. The average molecular weight is 341 g/mol. The first-order valence-corrected chi connectivity index (χ1v) is 9.46. The van der Waals surface area contributed by atoms with Crippen LogP contribution in [0.1, 0.15) is 58.8 Å². The first-order chi connectivity index (χ1) is 12.2. The molecule has 0 aliphatic heterocycles. The van der Waals surface area contributed by atoms with Crippen LogP contribution in [-0.2, 0) is 4.74 Å². The minimum Gasteiger partial charge on any atom is -0.385 e. The highest BCUT2D eigenvalue weighted by Gasteiger charge is 2.43. The Labute approximate surface area is 156 Å². The van der Waals surface area contributed by atoms with E-state index in [1.54, 1.807) is 7.11 Å². The van der Waals surface area contributed by atoms with Gasteiger partial charge in [-0.2, -0.15) is 0 Å². The van der Waals surface area contributed by atoms with Crippen LogP contribution in [0.3, 0.4) is 0 Å². The summed E-state index contributed by atoms with van der Waals surface area (Å²) in [6, 6.07) is 0. The van der Waals surface area contributed by atoms with E-state index < -0.39 is 0 Å². The largest absolute Gasteiger partial charge is 0.385 e. The molecule has 0 radical (unpaired) electrons. The van der Waals surface area contributed by atoms with Crippen LogP contribution in [0.15, 0.2) is 36.5 Å². The topological polar surface area (TPSA) is 9.23 Å². The van der Waals surface area contributed by atoms with Crippen molar-refractivity contribution in [3.05, 3.63) is 36.5 Å². The van der Waals surface area contributed by atoms with E-state index in [-0.39, 0.29) is 5.41 Å². The molecule has 0 aromatic carbocycles. The maximum absolute atomic E-state index is 5.85. The van der Waals surface area contributed by atoms with Crippen LogP contribution in [0, 0.1) is 42.4 Å². The van der Waals surface area contributed by atoms with Gasteiger partial charge in [0.2, 0.25) is 0 Å². The lowest BCUT2D eigenvalue weighted by Gasteiger charge is -2.45. The fourth-order valence-electron chi connectivity index (χ4n) is 3.94. The Bertz CT molecular complexity index is 488. The third kappa shape index (κ3) is 6.61. The first kappa shape index (κ1) is 23.3. The molecule has 1 nitrogen and oxygen atoms in total. The highest BCUT2D eigenvalue weighted by atomic mass is 16.5. The maximum Gasteiger partial charge on any atom is 0.0590 e. The van der Waals surface area contributed by atoms with Crippen molar-refractivity contribution in [1.82, 2.24) is 0 Å². The molecule has 0 fully saturated rings. The van der Waals surface area contributed by atoms with Gasteiger partial charge in [-0.05, 0) is 55.9 Å². The lowest BCUT2D eigenvalue weighted by molar-refractivity contribution is 0.193. The predicted octanol–water partition coefficient (Wildman–Crippen LogP) is 6.19. The number of terminal acetylenes is 2. The molecule has 2 aliphatic carbocycles. The molecule has 2 aliphatic rings. The fourth-order valence-corrected chi connectivity index (χ4v) is 3.94. The van der Waals surface area contributed by atoms with Crippen molar-refractivity contribution in [3.63, 3.8) is 0 Å².